The van der Waals surface area contributed by atoms with Gasteiger partial charge in [0.1, 0.15) is 12.4 Å². The van der Waals surface area contributed by atoms with Crippen LogP contribution in [0.3, 0.4) is 0 Å². The fraction of sp³-hybridized carbons (Fsp3) is 0.125. The van der Waals surface area contributed by atoms with Gasteiger partial charge >= 0.3 is 0 Å². The summed E-state index contributed by atoms with van der Waals surface area (Å²) < 4.78 is 14.7. The van der Waals surface area contributed by atoms with E-state index in [9.17, 15) is 14.0 Å². The summed E-state index contributed by atoms with van der Waals surface area (Å²) in [6, 6.07) is 9.35. The molecule has 10 heteroatoms. The van der Waals surface area contributed by atoms with Crippen molar-refractivity contribution in [2.24, 2.45) is 5.73 Å². The number of thioether (sulfide) groups is 1. The Balaban J connectivity index is 1.71. The van der Waals surface area contributed by atoms with E-state index < -0.39 is 11.7 Å². The number of aromatic nitrogens is 3. The van der Waals surface area contributed by atoms with Crippen LogP contribution in [0.25, 0.3) is 10.7 Å². The van der Waals surface area contributed by atoms with E-state index in [1.807, 2.05) is 17.5 Å². The van der Waals surface area contributed by atoms with Gasteiger partial charge in [0.2, 0.25) is 11.8 Å². The van der Waals surface area contributed by atoms with Crippen molar-refractivity contribution < 1.29 is 14.0 Å². The van der Waals surface area contributed by atoms with Crippen LogP contribution in [0.1, 0.15) is 0 Å². The van der Waals surface area contributed by atoms with Crippen molar-refractivity contribution in [3.8, 4) is 10.7 Å². The maximum absolute atomic E-state index is 13.2. The average molecular weight is 391 g/mol. The third kappa shape index (κ3) is 4.46. The van der Waals surface area contributed by atoms with Gasteiger partial charge < -0.3 is 11.1 Å². The predicted octanol–water partition coefficient (Wildman–Crippen LogP) is 2.36. The molecule has 0 saturated carbocycles. The van der Waals surface area contributed by atoms with E-state index >= 15 is 0 Å². The summed E-state index contributed by atoms with van der Waals surface area (Å²) in [6.07, 6.45) is 0. The number of hydrogen-bond acceptors (Lipinski definition) is 6. The number of nitrogens with one attached hydrogen (secondary N) is 1. The predicted molar refractivity (Wildman–Crippen MR) is 98.3 cm³/mol. The molecule has 0 aliphatic rings. The van der Waals surface area contributed by atoms with Crippen LogP contribution >= 0.6 is 23.1 Å². The van der Waals surface area contributed by atoms with E-state index in [1.54, 1.807) is 10.6 Å². The summed E-state index contributed by atoms with van der Waals surface area (Å²) in [6.45, 7) is -0.0892. The summed E-state index contributed by atoms with van der Waals surface area (Å²) in [5.74, 6) is -0.748. The minimum atomic E-state index is -0.534. The van der Waals surface area contributed by atoms with Gasteiger partial charge in [-0.05, 0) is 29.6 Å². The Kier molecular flexibility index (Phi) is 5.64. The Morgan fingerprint density at radius 2 is 2.12 bits per heavy atom. The minimum Gasteiger partial charge on any atom is -0.368 e. The highest BCUT2D eigenvalue weighted by molar-refractivity contribution is 7.99. The van der Waals surface area contributed by atoms with Crippen molar-refractivity contribution in [1.29, 1.82) is 0 Å². The first-order chi connectivity index (χ1) is 12.5. The molecular weight excluding hydrogens is 377 g/mol. The molecule has 0 saturated heterocycles. The van der Waals surface area contributed by atoms with E-state index in [0.29, 0.717) is 16.7 Å². The van der Waals surface area contributed by atoms with E-state index in [1.165, 1.54) is 29.5 Å². The fourth-order valence-electron chi connectivity index (χ4n) is 2.18. The molecule has 2 aromatic heterocycles. The van der Waals surface area contributed by atoms with E-state index in [2.05, 4.69) is 15.5 Å². The van der Waals surface area contributed by atoms with Gasteiger partial charge in [-0.1, -0.05) is 23.9 Å². The van der Waals surface area contributed by atoms with Crippen molar-refractivity contribution in [3.05, 3.63) is 47.6 Å². The number of carbonyl (C=O) groups excluding carboxylic acids is 2. The molecule has 26 heavy (non-hydrogen) atoms. The highest BCUT2D eigenvalue weighted by Gasteiger charge is 2.17. The maximum atomic E-state index is 13.2. The lowest BCUT2D eigenvalue weighted by atomic mass is 10.3. The number of primary amides is 1. The van der Waals surface area contributed by atoms with Gasteiger partial charge in [0.15, 0.2) is 11.0 Å². The summed E-state index contributed by atoms with van der Waals surface area (Å²) in [5, 5.41) is 13.0. The summed E-state index contributed by atoms with van der Waals surface area (Å²) in [5.41, 5.74) is 5.68. The zero-order chi connectivity index (χ0) is 18.5. The van der Waals surface area contributed by atoms with Crippen molar-refractivity contribution in [2.45, 2.75) is 11.7 Å². The SMILES string of the molecule is NC(=O)Cn1c(SCC(=O)Nc2cccc(F)c2)nnc1-c1cccs1. The number of carbonyl (C=O) groups is 2. The molecule has 0 aliphatic heterocycles. The van der Waals surface area contributed by atoms with Crippen LogP contribution in [0, 0.1) is 5.82 Å². The number of nitrogens with two attached hydrogens (primary N) is 1. The van der Waals surface area contributed by atoms with Gasteiger partial charge in [-0.25, -0.2) is 4.39 Å². The van der Waals surface area contributed by atoms with E-state index in [-0.39, 0.29) is 18.2 Å². The lowest BCUT2D eigenvalue weighted by Gasteiger charge is -2.07. The molecule has 3 rings (SSSR count). The number of rotatable bonds is 7. The first-order valence-electron chi connectivity index (χ1n) is 7.46. The maximum Gasteiger partial charge on any atom is 0.237 e. The first kappa shape index (κ1) is 18.1. The van der Waals surface area contributed by atoms with Crippen molar-refractivity contribution in [1.82, 2.24) is 14.8 Å². The minimum absolute atomic E-state index is 0.0256. The molecule has 0 atom stereocenters. The molecule has 7 nitrogen and oxygen atoms in total. The Morgan fingerprint density at radius 3 is 2.81 bits per heavy atom. The Labute approximate surface area is 156 Å². The Bertz CT molecular complexity index is 927. The van der Waals surface area contributed by atoms with Gasteiger partial charge in [-0.2, -0.15) is 0 Å². The highest BCUT2D eigenvalue weighted by Crippen LogP contribution is 2.27. The second-order valence-corrected chi connectivity index (χ2v) is 7.07. The quantitative estimate of drug-likeness (QED) is 0.602. The molecule has 134 valence electrons. The highest BCUT2D eigenvalue weighted by atomic mass is 32.2. The molecule has 2 amide bonds. The summed E-state index contributed by atoms with van der Waals surface area (Å²) in [7, 11) is 0. The number of thiophene rings is 1. The molecule has 3 aromatic rings. The lowest BCUT2D eigenvalue weighted by molar-refractivity contribution is -0.118. The van der Waals surface area contributed by atoms with Crippen LogP contribution in [-0.2, 0) is 16.1 Å². The summed E-state index contributed by atoms with van der Waals surface area (Å²) in [4.78, 5) is 24.3. The normalized spacial score (nSPS) is 10.7. The summed E-state index contributed by atoms with van der Waals surface area (Å²) >= 11 is 2.58. The number of anilines is 1. The number of halogens is 1. The average Bonchev–Trinajstić information content (AvgIpc) is 3.22. The van der Waals surface area contributed by atoms with Crippen LogP contribution in [0.4, 0.5) is 10.1 Å². The Morgan fingerprint density at radius 1 is 1.27 bits per heavy atom. The third-order valence-corrected chi connectivity index (χ3v) is 5.05. The van der Waals surface area contributed by atoms with E-state index in [0.717, 1.165) is 16.6 Å². The molecule has 0 aliphatic carbocycles. The van der Waals surface area contributed by atoms with Gasteiger partial charge in [0.25, 0.3) is 0 Å². The molecule has 1 aromatic carbocycles. The number of amides is 2. The topological polar surface area (TPSA) is 103 Å². The molecule has 0 radical (unpaired) electrons. The zero-order valence-corrected chi connectivity index (χ0v) is 15.0. The zero-order valence-electron chi connectivity index (χ0n) is 13.4. The molecular formula is C16H14FN5O2S2. The number of benzene rings is 1. The van der Waals surface area contributed by atoms with Crippen LogP contribution in [0.5, 0.6) is 0 Å². The molecule has 3 N–H and O–H groups in total. The van der Waals surface area contributed by atoms with Crippen molar-refractivity contribution in [3.63, 3.8) is 0 Å². The largest absolute Gasteiger partial charge is 0.368 e. The first-order valence-corrected chi connectivity index (χ1v) is 9.33. The molecule has 0 bridgehead atoms. The van der Waals surface area contributed by atoms with Crippen molar-refractivity contribution >= 4 is 40.6 Å². The van der Waals surface area contributed by atoms with Gasteiger partial charge in [0, 0.05) is 5.69 Å². The lowest BCUT2D eigenvalue weighted by Crippen LogP contribution is -2.20. The van der Waals surface area contributed by atoms with Crippen LogP contribution in [0.2, 0.25) is 0 Å². The van der Waals surface area contributed by atoms with Crippen LogP contribution in [0.15, 0.2) is 46.9 Å². The monoisotopic (exact) mass is 391 g/mol. The van der Waals surface area contributed by atoms with Crippen LogP contribution < -0.4 is 11.1 Å². The number of nitrogens with zero attached hydrogens (tertiary/aromatic N) is 3. The molecule has 0 spiro atoms. The smallest absolute Gasteiger partial charge is 0.237 e. The number of hydrogen-bond donors (Lipinski definition) is 2. The second kappa shape index (κ2) is 8.11. The second-order valence-electron chi connectivity index (χ2n) is 5.18. The Hall–Kier alpha value is -2.72. The van der Waals surface area contributed by atoms with Gasteiger partial charge in [0.05, 0.1) is 10.6 Å². The van der Waals surface area contributed by atoms with Crippen LogP contribution in [-0.4, -0.2) is 32.3 Å². The standard InChI is InChI=1S/C16H14FN5O2S2/c17-10-3-1-4-11(7-10)19-14(24)9-26-16-21-20-15(12-5-2-6-25-12)22(16)8-13(18)23/h1-7H,8-9H2,(H2,18,23)(H,19,24). The molecule has 0 fully saturated rings. The van der Waals surface area contributed by atoms with E-state index in [4.69, 9.17) is 5.73 Å². The fourth-order valence-corrected chi connectivity index (χ4v) is 3.63. The van der Waals surface area contributed by atoms with Crippen molar-refractivity contribution in [2.75, 3.05) is 11.1 Å². The van der Waals surface area contributed by atoms with Gasteiger partial charge in [-0.15, -0.1) is 21.5 Å². The molecule has 0 unspecified atom stereocenters. The third-order valence-electron chi connectivity index (χ3n) is 3.21. The van der Waals surface area contributed by atoms with Gasteiger partial charge in [-0.3, -0.25) is 14.2 Å². The molecule has 2 heterocycles.